The van der Waals surface area contributed by atoms with Crippen molar-refractivity contribution in [2.75, 3.05) is 23.7 Å². The fourth-order valence-corrected chi connectivity index (χ4v) is 3.93. The molecule has 0 fully saturated rings. The molecule has 2 aromatic carbocycles. The van der Waals surface area contributed by atoms with Crippen LogP contribution < -0.4 is 21.5 Å². The van der Waals surface area contributed by atoms with Crippen LogP contribution in [0.3, 0.4) is 0 Å². The van der Waals surface area contributed by atoms with Gasteiger partial charge < -0.3 is 9.88 Å². The number of aryl methyl sites for hydroxylation is 2. The molecule has 31 heavy (non-hydrogen) atoms. The maximum absolute atomic E-state index is 13.6. The Morgan fingerprint density at radius 1 is 1.03 bits per heavy atom. The third kappa shape index (κ3) is 5.42. The molecule has 6 nitrogen and oxygen atoms in total. The lowest BCUT2D eigenvalue weighted by Gasteiger charge is -2.23. The van der Waals surface area contributed by atoms with E-state index in [0.29, 0.717) is 22.9 Å². The minimum Gasteiger partial charge on any atom is -0.324 e. The Bertz CT molecular complexity index is 1120. The van der Waals surface area contributed by atoms with Gasteiger partial charge in [0, 0.05) is 17.2 Å². The van der Waals surface area contributed by atoms with Crippen LogP contribution in [0.15, 0.2) is 48.7 Å². The van der Waals surface area contributed by atoms with Gasteiger partial charge >= 0.3 is 6.18 Å². The topological polar surface area (TPSA) is 84.1 Å². The summed E-state index contributed by atoms with van der Waals surface area (Å²) in [6.45, 7) is 6.97. The lowest BCUT2D eigenvalue weighted by Crippen LogP contribution is -2.29. The zero-order valence-electron chi connectivity index (χ0n) is 17.5. The number of nitrogens with two attached hydrogens (primary N) is 1. The van der Waals surface area contributed by atoms with Gasteiger partial charge in [-0.05, 0) is 74.7 Å². The summed E-state index contributed by atoms with van der Waals surface area (Å²) in [5.41, 5.74) is 1.58. The zero-order chi connectivity index (χ0) is 23.0. The highest BCUT2D eigenvalue weighted by Crippen LogP contribution is 2.38. The second kappa shape index (κ2) is 8.32. The molecule has 0 amide bonds. The highest BCUT2D eigenvalue weighted by atomic mass is 31.2. The Kier molecular flexibility index (Phi) is 6.11. The Morgan fingerprint density at radius 3 is 2.13 bits per heavy atom. The molecule has 0 unspecified atom stereocenters. The zero-order valence-corrected chi connectivity index (χ0v) is 18.4. The van der Waals surface area contributed by atoms with Gasteiger partial charge in [0.05, 0.1) is 5.69 Å². The van der Waals surface area contributed by atoms with Crippen LogP contribution in [-0.4, -0.2) is 23.3 Å². The smallest absolute Gasteiger partial charge is 0.324 e. The first-order valence-corrected chi connectivity index (χ1v) is 11.9. The van der Waals surface area contributed by atoms with Crippen LogP contribution in [0.5, 0.6) is 0 Å². The number of hydrogen-bond donors (Lipinski definition) is 2. The predicted octanol–water partition coefficient (Wildman–Crippen LogP) is 5.12. The third-order valence-corrected chi connectivity index (χ3v) is 6.07. The maximum Gasteiger partial charge on any atom is 0.421 e. The molecule has 0 saturated heterocycles. The van der Waals surface area contributed by atoms with E-state index in [1.54, 1.807) is 49.7 Å². The van der Waals surface area contributed by atoms with E-state index in [2.05, 4.69) is 15.3 Å². The molecule has 0 aliphatic rings. The highest BCUT2D eigenvalue weighted by Gasteiger charge is 2.37. The molecule has 1 aromatic heterocycles. The third-order valence-electron chi connectivity index (χ3n) is 4.53. The molecule has 3 N–H and O–H groups in total. The molecule has 0 spiro atoms. The molecule has 0 aliphatic heterocycles. The Morgan fingerprint density at radius 2 is 1.61 bits per heavy atom. The summed E-state index contributed by atoms with van der Waals surface area (Å²) in [5.74, 6) is 5.54. The number of alkyl halides is 3. The van der Waals surface area contributed by atoms with Crippen LogP contribution in [0.4, 0.5) is 36.3 Å². The summed E-state index contributed by atoms with van der Waals surface area (Å²) in [4.78, 5) is 7.85. The van der Waals surface area contributed by atoms with E-state index < -0.39 is 24.7 Å². The molecule has 0 aliphatic carbocycles. The van der Waals surface area contributed by atoms with Crippen LogP contribution in [-0.2, 0) is 10.7 Å². The van der Waals surface area contributed by atoms with Crippen molar-refractivity contribution in [1.29, 1.82) is 0 Å². The molecule has 0 radical (unpaired) electrons. The summed E-state index contributed by atoms with van der Waals surface area (Å²) >= 11 is 0. The number of nitrogens with one attached hydrogen (secondary N) is 1. The lowest BCUT2D eigenvalue weighted by molar-refractivity contribution is -0.137. The van der Waals surface area contributed by atoms with Crippen molar-refractivity contribution in [3.05, 3.63) is 65.4 Å². The van der Waals surface area contributed by atoms with Crippen molar-refractivity contribution < 1.29 is 17.7 Å². The first-order chi connectivity index (χ1) is 14.3. The highest BCUT2D eigenvalue weighted by molar-refractivity contribution is 7.70. The number of nitrogens with zero attached hydrogens (tertiary/aromatic N) is 3. The van der Waals surface area contributed by atoms with Crippen LogP contribution in [0.1, 0.15) is 16.7 Å². The van der Waals surface area contributed by atoms with Gasteiger partial charge in [0.15, 0.2) is 5.82 Å². The number of hydrogen-bond acceptors (Lipinski definition) is 6. The number of anilines is 4. The Hall–Kier alpha value is -2.90. The molecule has 10 heteroatoms. The van der Waals surface area contributed by atoms with E-state index >= 15 is 0 Å². The first kappa shape index (κ1) is 22.8. The van der Waals surface area contributed by atoms with Crippen molar-refractivity contribution in [3.63, 3.8) is 0 Å². The second-order valence-corrected chi connectivity index (χ2v) is 10.9. The fraction of sp³-hybridized carbons (Fsp3) is 0.238. The summed E-state index contributed by atoms with van der Waals surface area (Å²) in [7, 11) is -2.42. The van der Waals surface area contributed by atoms with Gasteiger partial charge in [-0.2, -0.15) is 18.2 Å². The van der Waals surface area contributed by atoms with Crippen LogP contribution >= 0.6 is 7.14 Å². The summed E-state index contributed by atoms with van der Waals surface area (Å²) in [5, 5.41) is 4.47. The van der Waals surface area contributed by atoms with E-state index in [1.165, 1.54) is 0 Å². The first-order valence-electron chi connectivity index (χ1n) is 9.34. The standard InChI is InChI=1S/C21H23F3N5OP/c1-13-9-14(2)11-16(10-13)29(25)19-18(21(22,23)24)12-26-20(28-19)27-15-5-7-17(8-6-15)31(3,4)30/h5-12H,25H2,1-4H3,(H,26,27,28). The number of halogens is 3. The van der Waals surface area contributed by atoms with Crippen LogP contribution in [0.25, 0.3) is 0 Å². The number of benzene rings is 2. The van der Waals surface area contributed by atoms with Crippen molar-refractivity contribution in [2.24, 2.45) is 5.84 Å². The van der Waals surface area contributed by atoms with E-state index in [1.807, 2.05) is 19.9 Å². The molecule has 164 valence electrons. The molecule has 0 saturated carbocycles. The van der Waals surface area contributed by atoms with Gasteiger partial charge in [0.1, 0.15) is 12.7 Å². The van der Waals surface area contributed by atoms with Gasteiger partial charge in [-0.25, -0.2) is 10.8 Å². The number of rotatable bonds is 5. The van der Waals surface area contributed by atoms with Crippen molar-refractivity contribution in [3.8, 4) is 0 Å². The van der Waals surface area contributed by atoms with Crippen molar-refractivity contribution in [1.82, 2.24) is 9.97 Å². The van der Waals surface area contributed by atoms with Crippen LogP contribution in [0, 0.1) is 13.8 Å². The molecule has 0 bridgehead atoms. The molecule has 0 atom stereocenters. The van der Waals surface area contributed by atoms with Gasteiger partial charge in [-0.15, -0.1) is 0 Å². The maximum atomic E-state index is 13.6. The monoisotopic (exact) mass is 449 g/mol. The minimum absolute atomic E-state index is 0.0493. The van der Waals surface area contributed by atoms with Gasteiger partial charge in [0.2, 0.25) is 5.95 Å². The molecular formula is C21H23F3N5OP. The van der Waals surface area contributed by atoms with E-state index in [9.17, 15) is 17.7 Å². The average molecular weight is 449 g/mol. The predicted molar refractivity (Wildman–Crippen MR) is 118 cm³/mol. The summed E-state index contributed by atoms with van der Waals surface area (Å²) in [6.07, 6.45) is -3.98. The largest absolute Gasteiger partial charge is 0.421 e. The molecule has 3 aromatic rings. The minimum atomic E-state index is -4.69. The van der Waals surface area contributed by atoms with Gasteiger partial charge in [0.25, 0.3) is 0 Å². The van der Waals surface area contributed by atoms with E-state index in [4.69, 9.17) is 5.84 Å². The lowest BCUT2D eigenvalue weighted by atomic mass is 10.1. The fourth-order valence-electron chi connectivity index (χ4n) is 3.06. The Labute approximate surface area is 178 Å². The quantitative estimate of drug-likeness (QED) is 0.320. The SMILES string of the molecule is Cc1cc(C)cc(N(N)c2nc(Nc3ccc(P(C)(C)=O)cc3)ncc2C(F)(F)F)c1. The van der Waals surface area contributed by atoms with Crippen molar-refractivity contribution >= 4 is 35.6 Å². The number of hydrazine groups is 1. The number of aromatic nitrogens is 2. The van der Waals surface area contributed by atoms with Crippen molar-refractivity contribution in [2.45, 2.75) is 20.0 Å². The second-order valence-electron chi connectivity index (χ2n) is 7.67. The summed E-state index contributed by atoms with van der Waals surface area (Å²) < 4.78 is 52.9. The molecular weight excluding hydrogens is 426 g/mol. The van der Waals surface area contributed by atoms with Crippen LogP contribution in [0.2, 0.25) is 0 Å². The summed E-state index contributed by atoms with van der Waals surface area (Å²) in [6, 6.07) is 12.0. The normalized spacial score (nSPS) is 12.0. The van der Waals surface area contributed by atoms with E-state index in [0.717, 1.165) is 16.1 Å². The van der Waals surface area contributed by atoms with E-state index in [-0.39, 0.29) is 5.95 Å². The van der Waals surface area contributed by atoms with Gasteiger partial charge in [-0.3, -0.25) is 5.01 Å². The molecule has 3 rings (SSSR count). The van der Waals surface area contributed by atoms with Gasteiger partial charge in [-0.1, -0.05) is 6.07 Å². The average Bonchev–Trinajstić information content (AvgIpc) is 2.65. The Balaban J connectivity index is 2.00. The molecule has 1 heterocycles.